The number of allylic oxidation sites excluding steroid dienone is 2. The van der Waals surface area contributed by atoms with Gasteiger partial charge < -0.3 is 46.1 Å². The Morgan fingerprint density at radius 3 is 1.43 bits per heavy atom. The third kappa shape index (κ3) is 65.4. The van der Waals surface area contributed by atoms with E-state index in [9.17, 15) is 18.7 Å². The maximum atomic E-state index is 11.1. The summed E-state index contributed by atoms with van der Waals surface area (Å²) in [6.45, 7) is 3.27. The molecule has 0 amide bonds. The van der Waals surface area contributed by atoms with Gasteiger partial charge >= 0.3 is 148 Å². The molecule has 0 fully saturated rings. The van der Waals surface area contributed by atoms with Crippen molar-refractivity contribution in [3.63, 3.8) is 0 Å². The fraction of sp³-hybridized carbons (Fsp3) is 0.571. The Balaban J connectivity index is -0.000000107. The number of aliphatic hydroxyl groups excluding tert-OH is 1. The van der Waals surface area contributed by atoms with Crippen molar-refractivity contribution in [3.05, 3.63) is 45.8 Å². The van der Waals surface area contributed by atoms with Gasteiger partial charge in [-0.3, -0.25) is 19.6 Å². The van der Waals surface area contributed by atoms with Gasteiger partial charge in [0.25, 0.3) is 0 Å². The molecule has 0 rings (SSSR count). The Kier molecular flexibility index (Phi) is 59.3. The first-order valence-corrected chi connectivity index (χ1v) is 32.7. The zero-order valence-corrected chi connectivity index (χ0v) is 36.1. The van der Waals surface area contributed by atoms with Gasteiger partial charge in [0.05, 0.1) is 0 Å². The number of carboxylic acids is 1. The molecule has 42 heavy (non-hydrogen) atoms. The van der Waals surface area contributed by atoms with Crippen LogP contribution in [0.3, 0.4) is 0 Å². The molecule has 0 radical (unpaired) electrons. The Labute approximate surface area is 305 Å². The van der Waals surface area contributed by atoms with Crippen LogP contribution < -0.4 is 0 Å². The van der Waals surface area contributed by atoms with Crippen LogP contribution in [0.1, 0.15) is 13.8 Å². The normalized spacial score (nSPS) is 10.7. The van der Waals surface area contributed by atoms with E-state index in [0.717, 1.165) is 12.2 Å². The zero-order valence-electron chi connectivity index (χ0n) is 21.1. The summed E-state index contributed by atoms with van der Waals surface area (Å²) < 4.78 is 32.9. The van der Waals surface area contributed by atoms with Crippen molar-refractivity contribution in [1.82, 2.24) is 0 Å². The minimum atomic E-state index is -4.77. The average molecular weight is 1360 g/mol. The van der Waals surface area contributed by atoms with Crippen molar-refractivity contribution in [2.24, 2.45) is 0 Å². The summed E-state index contributed by atoms with van der Waals surface area (Å²) in [7, 11) is 10.6. The van der Waals surface area contributed by atoms with Crippen LogP contribution in [0.25, 0.3) is 22.1 Å². The monoisotopic (exact) mass is 1360 g/mol. The van der Waals surface area contributed by atoms with Crippen LogP contribution in [0.2, 0.25) is 0 Å². The van der Waals surface area contributed by atoms with Crippen LogP contribution in [0, 0.1) is 0 Å². The number of carbonyl (C=O) groups excluding carboxylic acids is 1. The second-order valence-electron chi connectivity index (χ2n) is 5.03. The smallest absolute Gasteiger partial charge is 0.0467 e. The van der Waals surface area contributed by atoms with Crippen LogP contribution >= 0.6 is 93.3 Å². The molecule has 0 aliphatic heterocycles. The molecular formula is C14H28Cl4I2N4O13P2Pt2V. The number of esters is 1. The van der Waals surface area contributed by atoms with Gasteiger partial charge in [0.1, 0.15) is 0 Å². The Bertz CT molecular complexity index is 789. The number of phosphoric ester groups is 2. The largest absolute Gasteiger partial charge is 0.679 e. The number of aliphatic carboxylic acids is 1. The van der Waals surface area contributed by atoms with Crippen molar-refractivity contribution in [3.8, 4) is 0 Å². The topological polar surface area (TPSA) is 293 Å². The van der Waals surface area contributed by atoms with E-state index in [2.05, 4.69) is 64.4 Å². The molecule has 259 valence electrons. The standard InChI is InChI=1S/C7H13N2O6P.C4H7O6P.C3H8N2O.4ClH.2HI.2Pt.V/c1-2-6(15-16(11,12)13)7(10)14-5-9-4-3-8;1-2-3(4(5)6)10-11(7,8)9;4-1-2-5-3-6;;;;;;;;;/h2,8H,3-5H2,1H3,(H2,11,12,13);2H,1H3,(H,5,6)(H2,7,8,9);4,6H,1-3H2;6*1H;;;/q-2;;-2;;;;;;;2*+4;+2/p-6/b6-2+;3-2+;;;;;;;;;;. The van der Waals surface area contributed by atoms with E-state index in [-0.39, 0.29) is 33.1 Å². The molecule has 0 atom stereocenters. The predicted molar refractivity (Wildman–Crippen MR) is 166 cm³/mol. The van der Waals surface area contributed by atoms with Crippen molar-refractivity contribution in [2.45, 2.75) is 13.8 Å². The van der Waals surface area contributed by atoms with Crippen LogP contribution in [0.4, 0.5) is 0 Å². The third-order valence-electron chi connectivity index (χ3n) is 2.30. The summed E-state index contributed by atoms with van der Waals surface area (Å²) in [5.41, 5.74) is 13.3. The first-order valence-electron chi connectivity index (χ1n) is 9.40. The predicted octanol–water partition coefficient (Wildman–Crippen LogP) is 5.89. The number of halogens is 6. The van der Waals surface area contributed by atoms with Gasteiger partial charge in [0.2, 0.25) is 11.5 Å². The van der Waals surface area contributed by atoms with E-state index in [1.54, 1.807) is 0 Å². The fourth-order valence-corrected chi connectivity index (χ4v) is 2.02. The average Bonchev–Trinajstić information content (AvgIpc) is 2.88. The minimum Gasteiger partial charge on any atom is -0.679 e. The zero-order chi connectivity index (χ0) is 34.6. The number of ether oxygens (including phenoxy) is 1. The summed E-state index contributed by atoms with van der Waals surface area (Å²) in [6.07, 6.45) is 2.02. The van der Waals surface area contributed by atoms with Crippen LogP contribution in [0.15, 0.2) is 23.7 Å². The second-order valence-corrected chi connectivity index (χ2v) is 25.7. The van der Waals surface area contributed by atoms with Gasteiger partial charge in [-0.15, -0.1) is 0 Å². The van der Waals surface area contributed by atoms with E-state index < -0.39 is 72.1 Å². The number of nitrogens with one attached hydrogen (secondary N) is 2. The number of rotatable bonds is 13. The van der Waals surface area contributed by atoms with Gasteiger partial charge in [-0.25, -0.2) is 18.7 Å². The molecule has 0 heterocycles. The molecule has 0 unspecified atom stereocenters. The van der Waals surface area contributed by atoms with E-state index in [1.807, 2.05) is 0 Å². The summed E-state index contributed by atoms with van der Waals surface area (Å²) in [5.74, 6) is -3.87. The van der Waals surface area contributed by atoms with E-state index in [1.165, 1.54) is 13.8 Å². The number of hydrogen-bond acceptors (Lipinski definition) is 8. The molecule has 28 heteroatoms. The maximum Gasteiger partial charge on any atom is -0.0467 e. The quantitative estimate of drug-likeness (QED) is 0.0313. The molecule has 0 aromatic carbocycles. The van der Waals surface area contributed by atoms with Crippen LogP contribution in [-0.4, -0.2) is 81.4 Å². The number of nitrogens with zero attached hydrogens (tertiary/aromatic N) is 2. The minimum absolute atomic E-state index is 0.0764. The molecule has 0 saturated heterocycles. The molecule has 0 aromatic heterocycles. The molecular weight excluding hydrogens is 1330 g/mol. The van der Waals surface area contributed by atoms with Crippen molar-refractivity contribution in [1.29, 1.82) is 0 Å². The van der Waals surface area contributed by atoms with E-state index in [0.29, 0.717) is 16.0 Å². The Morgan fingerprint density at radius 2 is 1.21 bits per heavy atom. The fourth-order valence-electron chi connectivity index (χ4n) is 1.15. The van der Waals surface area contributed by atoms with Crippen molar-refractivity contribution >= 4 is 105 Å². The number of carbonyl (C=O) groups is 2. The van der Waals surface area contributed by atoms with Gasteiger partial charge in [-0.1, -0.05) is 0 Å². The third-order valence-corrected chi connectivity index (χ3v) is 3.17. The van der Waals surface area contributed by atoms with E-state index in [4.69, 9.17) is 78.9 Å². The molecule has 0 aliphatic carbocycles. The summed E-state index contributed by atoms with van der Waals surface area (Å²) >= 11 is 3.79. The van der Waals surface area contributed by atoms with Gasteiger partial charge in [0.15, 0.2) is 0 Å². The van der Waals surface area contributed by atoms with Crippen LogP contribution in [-0.2, 0) is 74.9 Å². The first-order chi connectivity index (χ1) is 19.4. The summed E-state index contributed by atoms with van der Waals surface area (Å²) in [4.78, 5) is 54.5. The molecule has 0 saturated carbocycles. The summed E-state index contributed by atoms with van der Waals surface area (Å²) in [5, 5.41) is 23.2. The van der Waals surface area contributed by atoms with Gasteiger partial charge in [-0.05, 0) is 32.7 Å². The molecule has 0 aromatic rings. The number of carboxylic acid groups (broad SMARTS) is 1. The van der Waals surface area contributed by atoms with Crippen molar-refractivity contribution < 1.29 is 105 Å². The second kappa shape index (κ2) is 43.7. The first kappa shape index (κ1) is 57.0. The summed E-state index contributed by atoms with van der Waals surface area (Å²) in [6, 6.07) is 0. The van der Waals surface area contributed by atoms with Gasteiger partial charge in [-0.2, -0.15) is 26.2 Å². The van der Waals surface area contributed by atoms with Crippen molar-refractivity contribution in [2.75, 3.05) is 39.6 Å². The Hall–Kier alpha value is 2.70. The Morgan fingerprint density at radius 1 is 0.881 bits per heavy atom. The molecule has 8 N–H and O–H groups in total. The number of phosphoric acid groups is 2. The van der Waals surface area contributed by atoms with E-state index >= 15 is 0 Å². The molecule has 0 spiro atoms. The SMILES string of the molecule is C/C=C(/OP(=O)(O)O)C(=O)O.C/C=C(/OP(=O)(O)O)C(=O)OC[N-]CC[NH-].[Cl][Pt+2][Cl].[Cl][Pt+2][Cl].[I][V][I].[NH-]CC[N-]CO. The van der Waals surface area contributed by atoms with Crippen LogP contribution in [0.5, 0.6) is 0 Å². The molecule has 0 aliphatic rings. The number of hydrogen-bond donors (Lipinski definition) is 6. The molecule has 0 bridgehead atoms. The maximum absolute atomic E-state index is 11.1. The number of aliphatic hydroxyl groups is 1. The molecule has 17 nitrogen and oxygen atoms in total. The van der Waals surface area contributed by atoms with Gasteiger partial charge in [0, 0.05) is 6.73 Å².